The molecule has 0 spiro atoms. The topological polar surface area (TPSA) is 63.2 Å². The molecule has 0 aliphatic carbocycles. The van der Waals surface area contributed by atoms with Crippen molar-refractivity contribution in [2.75, 3.05) is 53.9 Å². The maximum Gasteiger partial charge on any atom is 0.153 e. The number of carbonyl (C=O) groups is 1. The van der Waals surface area contributed by atoms with Gasteiger partial charge in [-0.3, -0.25) is 4.79 Å². The average molecular weight is 298 g/mol. The van der Waals surface area contributed by atoms with Crippen molar-refractivity contribution >= 4 is 6.29 Å². The lowest BCUT2D eigenvalue weighted by atomic mass is 10.2. The Labute approximate surface area is 124 Å². The Hall–Kier alpha value is -1.63. The second-order valence-electron chi connectivity index (χ2n) is 4.09. The van der Waals surface area contributed by atoms with Gasteiger partial charge >= 0.3 is 0 Å². The van der Waals surface area contributed by atoms with E-state index in [9.17, 15) is 4.79 Å². The van der Waals surface area contributed by atoms with Crippen LogP contribution in [0, 0.1) is 0 Å². The molecule has 0 fully saturated rings. The van der Waals surface area contributed by atoms with Gasteiger partial charge in [-0.05, 0) is 18.2 Å². The summed E-state index contributed by atoms with van der Waals surface area (Å²) in [6, 6.07) is 5.08. The molecule has 1 rings (SSSR count). The van der Waals surface area contributed by atoms with Crippen LogP contribution < -0.4 is 9.47 Å². The van der Waals surface area contributed by atoms with E-state index in [1.165, 1.54) is 0 Å². The van der Waals surface area contributed by atoms with E-state index in [1.54, 1.807) is 32.4 Å². The summed E-state index contributed by atoms with van der Waals surface area (Å²) in [5.74, 6) is 1.14. The summed E-state index contributed by atoms with van der Waals surface area (Å²) in [7, 11) is 3.18. The summed E-state index contributed by atoms with van der Waals surface area (Å²) in [6.45, 7) is 2.95. The van der Waals surface area contributed by atoms with Crippen molar-refractivity contribution in [3.05, 3.63) is 23.8 Å². The Balaban J connectivity index is 2.16. The van der Waals surface area contributed by atoms with Gasteiger partial charge in [0.05, 0.1) is 45.7 Å². The smallest absolute Gasteiger partial charge is 0.153 e. The first-order valence-corrected chi connectivity index (χ1v) is 6.72. The van der Waals surface area contributed by atoms with E-state index >= 15 is 0 Å². The zero-order valence-electron chi connectivity index (χ0n) is 12.5. The molecule has 0 unspecified atom stereocenters. The van der Waals surface area contributed by atoms with Crippen molar-refractivity contribution in [1.82, 2.24) is 0 Å². The van der Waals surface area contributed by atoms with Gasteiger partial charge in [-0.25, -0.2) is 0 Å². The van der Waals surface area contributed by atoms with E-state index in [0.717, 1.165) is 6.29 Å². The SMILES string of the molecule is COCCOCCOCCOc1ccc(OC)cc1C=O. The standard InChI is InChI=1S/C15H22O6/c1-17-5-6-19-7-8-20-9-10-21-15-4-3-14(18-2)11-13(15)12-16/h3-4,11-12H,5-10H2,1-2H3. The Morgan fingerprint density at radius 2 is 1.62 bits per heavy atom. The van der Waals surface area contributed by atoms with E-state index in [1.807, 2.05) is 0 Å². The van der Waals surface area contributed by atoms with Crippen LogP contribution >= 0.6 is 0 Å². The maximum atomic E-state index is 11.0. The van der Waals surface area contributed by atoms with E-state index in [2.05, 4.69) is 0 Å². The van der Waals surface area contributed by atoms with Gasteiger partial charge in [-0.15, -0.1) is 0 Å². The number of hydrogen-bond donors (Lipinski definition) is 0. The zero-order valence-corrected chi connectivity index (χ0v) is 12.5. The highest BCUT2D eigenvalue weighted by atomic mass is 16.6. The highest BCUT2D eigenvalue weighted by Gasteiger charge is 2.04. The molecule has 21 heavy (non-hydrogen) atoms. The molecule has 0 bridgehead atoms. The van der Waals surface area contributed by atoms with Crippen LogP contribution in [0.25, 0.3) is 0 Å². The monoisotopic (exact) mass is 298 g/mol. The number of rotatable bonds is 12. The number of methoxy groups -OCH3 is 2. The minimum absolute atomic E-state index is 0.366. The minimum atomic E-state index is 0.366. The van der Waals surface area contributed by atoms with Gasteiger partial charge < -0.3 is 23.7 Å². The third-order valence-electron chi connectivity index (χ3n) is 2.63. The summed E-state index contributed by atoms with van der Waals surface area (Å²) < 4.78 is 26.0. The van der Waals surface area contributed by atoms with Crippen LogP contribution in [-0.4, -0.2) is 60.1 Å². The van der Waals surface area contributed by atoms with Gasteiger partial charge in [0.1, 0.15) is 18.1 Å². The third kappa shape index (κ3) is 7.08. The maximum absolute atomic E-state index is 11.0. The van der Waals surface area contributed by atoms with Gasteiger partial charge in [0, 0.05) is 7.11 Å². The van der Waals surface area contributed by atoms with Crippen LogP contribution in [-0.2, 0) is 14.2 Å². The van der Waals surface area contributed by atoms with Gasteiger partial charge in [0.2, 0.25) is 0 Å². The predicted octanol–water partition coefficient (Wildman–Crippen LogP) is 1.57. The lowest BCUT2D eigenvalue weighted by Gasteiger charge is -2.10. The molecule has 1 aromatic carbocycles. The molecule has 0 aliphatic rings. The number of hydrogen-bond acceptors (Lipinski definition) is 6. The van der Waals surface area contributed by atoms with Crippen LogP contribution in [0.5, 0.6) is 11.5 Å². The van der Waals surface area contributed by atoms with E-state index in [0.29, 0.717) is 56.7 Å². The summed E-state index contributed by atoms with van der Waals surface area (Å²) in [5, 5.41) is 0. The Morgan fingerprint density at radius 1 is 0.952 bits per heavy atom. The number of carbonyl (C=O) groups excluding carboxylic acids is 1. The minimum Gasteiger partial charge on any atom is -0.497 e. The molecule has 0 aromatic heterocycles. The van der Waals surface area contributed by atoms with Gasteiger partial charge in [-0.2, -0.15) is 0 Å². The van der Waals surface area contributed by atoms with Crippen LogP contribution in [0.3, 0.4) is 0 Å². The van der Waals surface area contributed by atoms with Crippen molar-refractivity contribution in [3.63, 3.8) is 0 Å². The molecule has 6 nitrogen and oxygen atoms in total. The molecule has 0 radical (unpaired) electrons. The summed E-state index contributed by atoms with van der Waals surface area (Å²) >= 11 is 0. The molecule has 0 N–H and O–H groups in total. The zero-order chi connectivity index (χ0) is 15.3. The fraction of sp³-hybridized carbons (Fsp3) is 0.533. The summed E-state index contributed by atoms with van der Waals surface area (Å²) in [5.41, 5.74) is 0.456. The molecular formula is C15H22O6. The molecule has 0 atom stereocenters. The first-order chi connectivity index (χ1) is 10.3. The number of ether oxygens (including phenoxy) is 5. The van der Waals surface area contributed by atoms with Crippen LogP contribution in [0.4, 0.5) is 0 Å². The van der Waals surface area contributed by atoms with Crippen molar-refractivity contribution in [2.24, 2.45) is 0 Å². The fourth-order valence-corrected chi connectivity index (χ4v) is 1.55. The molecule has 1 aromatic rings. The quantitative estimate of drug-likeness (QED) is 0.431. The van der Waals surface area contributed by atoms with Crippen molar-refractivity contribution in [1.29, 1.82) is 0 Å². The lowest BCUT2D eigenvalue weighted by molar-refractivity contribution is 0.0179. The molecule has 0 saturated heterocycles. The fourth-order valence-electron chi connectivity index (χ4n) is 1.55. The van der Waals surface area contributed by atoms with E-state index in [4.69, 9.17) is 23.7 Å². The van der Waals surface area contributed by atoms with E-state index < -0.39 is 0 Å². The van der Waals surface area contributed by atoms with Gasteiger partial charge in [0.25, 0.3) is 0 Å². The Bertz CT molecular complexity index is 407. The van der Waals surface area contributed by atoms with Crippen molar-refractivity contribution < 1.29 is 28.5 Å². The molecule has 6 heteroatoms. The molecule has 118 valence electrons. The second-order valence-corrected chi connectivity index (χ2v) is 4.09. The highest BCUT2D eigenvalue weighted by Crippen LogP contribution is 2.22. The first kappa shape index (κ1) is 17.4. The predicted molar refractivity (Wildman–Crippen MR) is 77.4 cm³/mol. The lowest BCUT2D eigenvalue weighted by Crippen LogP contribution is -2.12. The first-order valence-electron chi connectivity index (χ1n) is 6.72. The van der Waals surface area contributed by atoms with Crippen LogP contribution in [0.1, 0.15) is 10.4 Å². The average Bonchev–Trinajstić information content (AvgIpc) is 2.53. The Morgan fingerprint density at radius 3 is 2.24 bits per heavy atom. The normalized spacial score (nSPS) is 10.4. The van der Waals surface area contributed by atoms with Crippen molar-refractivity contribution in [2.45, 2.75) is 0 Å². The molecule has 0 aliphatic heterocycles. The van der Waals surface area contributed by atoms with Crippen LogP contribution in [0.15, 0.2) is 18.2 Å². The summed E-state index contributed by atoms with van der Waals surface area (Å²) in [4.78, 5) is 11.0. The molecule has 0 heterocycles. The molecule has 0 saturated carbocycles. The van der Waals surface area contributed by atoms with Gasteiger partial charge in [0.15, 0.2) is 6.29 Å². The summed E-state index contributed by atoms with van der Waals surface area (Å²) in [6.07, 6.45) is 0.738. The number of aldehydes is 1. The Kier molecular flexibility index (Phi) is 9.19. The third-order valence-corrected chi connectivity index (χ3v) is 2.63. The van der Waals surface area contributed by atoms with E-state index in [-0.39, 0.29) is 0 Å². The largest absolute Gasteiger partial charge is 0.497 e. The number of benzene rings is 1. The second kappa shape index (κ2) is 11.1. The molecular weight excluding hydrogens is 276 g/mol. The van der Waals surface area contributed by atoms with Crippen LogP contribution in [0.2, 0.25) is 0 Å². The molecule has 0 amide bonds. The highest BCUT2D eigenvalue weighted by molar-refractivity contribution is 5.80. The van der Waals surface area contributed by atoms with Crippen molar-refractivity contribution in [3.8, 4) is 11.5 Å². The van der Waals surface area contributed by atoms with Gasteiger partial charge in [-0.1, -0.05) is 0 Å².